The molecule has 1 aromatic carbocycles. The van der Waals surface area contributed by atoms with Crippen molar-refractivity contribution in [3.8, 4) is 5.69 Å². The van der Waals surface area contributed by atoms with E-state index in [-0.39, 0.29) is 5.91 Å². The summed E-state index contributed by atoms with van der Waals surface area (Å²) in [4.78, 5) is 16.1. The Labute approximate surface area is 135 Å². The molecular weight excluding hydrogens is 286 g/mol. The molecule has 23 heavy (non-hydrogen) atoms. The number of nitrogens with one attached hydrogen (secondary N) is 1. The lowest BCUT2D eigenvalue weighted by atomic mass is 10.2. The Balaban J connectivity index is 1.65. The number of hydrogen-bond donors (Lipinski definition) is 1. The lowest BCUT2D eigenvalue weighted by Crippen LogP contribution is -2.25. The van der Waals surface area contributed by atoms with E-state index in [0.717, 1.165) is 16.9 Å². The van der Waals surface area contributed by atoms with Crippen molar-refractivity contribution in [1.82, 2.24) is 14.9 Å². The highest BCUT2D eigenvalue weighted by molar-refractivity contribution is 5.78. The third kappa shape index (κ3) is 3.86. The molecule has 0 atom stereocenters. The van der Waals surface area contributed by atoms with Gasteiger partial charge in [0.05, 0.1) is 6.42 Å². The minimum atomic E-state index is 0.00822. The van der Waals surface area contributed by atoms with E-state index >= 15 is 0 Å². The molecular formula is C19H19N3O. The van der Waals surface area contributed by atoms with Gasteiger partial charge in [0.2, 0.25) is 5.91 Å². The fourth-order valence-corrected chi connectivity index (χ4v) is 2.45. The average Bonchev–Trinajstić information content (AvgIpc) is 3.03. The number of pyridine rings is 1. The first-order valence-corrected chi connectivity index (χ1v) is 7.61. The van der Waals surface area contributed by atoms with Gasteiger partial charge in [-0.3, -0.25) is 9.78 Å². The van der Waals surface area contributed by atoms with Crippen LogP contribution in [0.1, 0.15) is 16.8 Å². The maximum absolute atomic E-state index is 12.2. The number of nitrogens with zero attached hydrogens (tertiary/aromatic N) is 2. The van der Waals surface area contributed by atoms with Gasteiger partial charge in [-0.15, -0.1) is 0 Å². The topological polar surface area (TPSA) is 46.9 Å². The Kier molecular flexibility index (Phi) is 4.52. The van der Waals surface area contributed by atoms with E-state index < -0.39 is 0 Å². The van der Waals surface area contributed by atoms with Gasteiger partial charge >= 0.3 is 0 Å². The molecule has 0 radical (unpaired) electrons. The van der Waals surface area contributed by atoms with Crippen LogP contribution in [0.5, 0.6) is 0 Å². The van der Waals surface area contributed by atoms with Crippen molar-refractivity contribution in [2.45, 2.75) is 19.9 Å². The molecule has 4 nitrogen and oxygen atoms in total. The normalized spacial score (nSPS) is 10.5. The maximum Gasteiger partial charge on any atom is 0.226 e. The van der Waals surface area contributed by atoms with Crippen molar-refractivity contribution >= 4 is 5.91 Å². The Bertz CT molecular complexity index is 776. The van der Waals surface area contributed by atoms with Crippen molar-refractivity contribution in [3.05, 3.63) is 83.9 Å². The summed E-state index contributed by atoms with van der Waals surface area (Å²) in [6.07, 6.45) is 5.79. The molecule has 0 aliphatic heterocycles. The van der Waals surface area contributed by atoms with Crippen LogP contribution in [0, 0.1) is 6.92 Å². The number of amides is 1. The SMILES string of the molecule is Cc1ccc(-n2cccc2CC(=O)NCc2ccncc2)cc1. The van der Waals surface area contributed by atoms with E-state index in [2.05, 4.69) is 41.5 Å². The molecule has 3 aromatic rings. The highest BCUT2D eigenvalue weighted by Gasteiger charge is 2.08. The summed E-state index contributed by atoms with van der Waals surface area (Å²) in [6.45, 7) is 2.58. The Morgan fingerprint density at radius 1 is 1.09 bits per heavy atom. The van der Waals surface area contributed by atoms with Crippen LogP contribution in [0.25, 0.3) is 5.69 Å². The fraction of sp³-hybridized carbons (Fsp3) is 0.158. The van der Waals surface area contributed by atoms with Crippen LogP contribution < -0.4 is 5.32 Å². The molecule has 0 unspecified atom stereocenters. The van der Waals surface area contributed by atoms with Crippen LogP contribution in [0.3, 0.4) is 0 Å². The van der Waals surface area contributed by atoms with E-state index in [9.17, 15) is 4.79 Å². The maximum atomic E-state index is 12.2. The molecule has 1 amide bonds. The van der Waals surface area contributed by atoms with E-state index in [0.29, 0.717) is 13.0 Å². The third-order valence-electron chi connectivity index (χ3n) is 3.73. The number of carbonyl (C=O) groups excluding carboxylic acids is 1. The van der Waals surface area contributed by atoms with Crippen LogP contribution in [-0.4, -0.2) is 15.5 Å². The lowest BCUT2D eigenvalue weighted by molar-refractivity contribution is -0.120. The van der Waals surface area contributed by atoms with Crippen LogP contribution >= 0.6 is 0 Å². The average molecular weight is 305 g/mol. The predicted octanol–water partition coefficient (Wildman–Crippen LogP) is 3.04. The number of aromatic nitrogens is 2. The Morgan fingerprint density at radius 3 is 2.57 bits per heavy atom. The van der Waals surface area contributed by atoms with Crippen LogP contribution in [0.15, 0.2) is 67.1 Å². The molecule has 2 heterocycles. The zero-order chi connectivity index (χ0) is 16.1. The summed E-state index contributed by atoms with van der Waals surface area (Å²) in [7, 11) is 0. The zero-order valence-electron chi connectivity index (χ0n) is 13.1. The number of hydrogen-bond acceptors (Lipinski definition) is 2. The molecule has 1 N–H and O–H groups in total. The van der Waals surface area contributed by atoms with Crippen LogP contribution in [-0.2, 0) is 17.8 Å². The van der Waals surface area contributed by atoms with Gasteiger partial charge in [-0.05, 0) is 48.9 Å². The van der Waals surface area contributed by atoms with Crippen LogP contribution in [0.2, 0.25) is 0 Å². The first-order chi connectivity index (χ1) is 11.2. The number of aryl methyl sites for hydroxylation is 1. The molecule has 3 rings (SSSR count). The first-order valence-electron chi connectivity index (χ1n) is 7.61. The fourth-order valence-electron chi connectivity index (χ4n) is 2.45. The smallest absolute Gasteiger partial charge is 0.226 e. The largest absolute Gasteiger partial charge is 0.352 e. The summed E-state index contributed by atoms with van der Waals surface area (Å²) < 4.78 is 2.05. The van der Waals surface area contributed by atoms with Crippen molar-refractivity contribution < 1.29 is 4.79 Å². The molecule has 0 saturated carbocycles. The summed E-state index contributed by atoms with van der Waals surface area (Å²) in [5.74, 6) is 0.00822. The second-order valence-corrected chi connectivity index (χ2v) is 5.51. The third-order valence-corrected chi connectivity index (χ3v) is 3.73. The highest BCUT2D eigenvalue weighted by atomic mass is 16.1. The van der Waals surface area contributed by atoms with E-state index in [4.69, 9.17) is 0 Å². The van der Waals surface area contributed by atoms with E-state index in [1.807, 2.05) is 35.0 Å². The molecule has 0 fully saturated rings. The minimum absolute atomic E-state index is 0.00822. The van der Waals surface area contributed by atoms with Crippen LogP contribution in [0.4, 0.5) is 0 Å². The summed E-state index contributed by atoms with van der Waals surface area (Å²) >= 11 is 0. The molecule has 2 aromatic heterocycles. The Hall–Kier alpha value is -2.88. The molecule has 116 valence electrons. The molecule has 0 saturated heterocycles. The standard InChI is InChI=1S/C19H19N3O/c1-15-4-6-17(7-5-15)22-12-2-3-18(22)13-19(23)21-14-16-8-10-20-11-9-16/h2-12H,13-14H2,1H3,(H,21,23). The number of benzene rings is 1. The van der Waals surface area contributed by atoms with Crippen molar-refractivity contribution in [1.29, 1.82) is 0 Å². The van der Waals surface area contributed by atoms with Crippen molar-refractivity contribution in [2.75, 3.05) is 0 Å². The van der Waals surface area contributed by atoms with E-state index in [1.54, 1.807) is 12.4 Å². The molecule has 0 aliphatic rings. The molecule has 0 aliphatic carbocycles. The molecule has 0 spiro atoms. The molecule has 0 bridgehead atoms. The van der Waals surface area contributed by atoms with Gasteiger partial charge < -0.3 is 9.88 Å². The lowest BCUT2D eigenvalue weighted by Gasteiger charge is -2.10. The summed E-state index contributed by atoms with van der Waals surface area (Å²) in [6, 6.07) is 16.0. The second-order valence-electron chi connectivity index (χ2n) is 5.51. The van der Waals surface area contributed by atoms with Gasteiger partial charge in [0.1, 0.15) is 0 Å². The highest BCUT2D eigenvalue weighted by Crippen LogP contribution is 2.14. The van der Waals surface area contributed by atoms with Gasteiger partial charge in [-0.25, -0.2) is 0 Å². The quantitative estimate of drug-likeness (QED) is 0.787. The number of carbonyl (C=O) groups is 1. The van der Waals surface area contributed by atoms with Gasteiger partial charge in [-0.2, -0.15) is 0 Å². The van der Waals surface area contributed by atoms with Gasteiger partial charge in [0, 0.05) is 36.5 Å². The van der Waals surface area contributed by atoms with Gasteiger partial charge in [0.15, 0.2) is 0 Å². The summed E-state index contributed by atoms with van der Waals surface area (Å²) in [5, 5.41) is 2.94. The van der Waals surface area contributed by atoms with Gasteiger partial charge in [-0.1, -0.05) is 17.7 Å². The minimum Gasteiger partial charge on any atom is -0.352 e. The van der Waals surface area contributed by atoms with E-state index in [1.165, 1.54) is 5.56 Å². The second kappa shape index (κ2) is 6.92. The first kappa shape index (κ1) is 15.0. The number of rotatable bonds is 5. The summed E-state index contributed by atoms with van der Waals surface area (Å²) in [5.41, 5.74) is 4.30. The predicted molar refractivity (Wildman–Crippen MR) is 90.3 cm³/mol. The Morgan fingerprint density at radius 2 is 1.83 bits per heavy atom. The monoisotopic (exact) mass is 305 g/mol. The zero-order valence-corrected chi connectivity index (χ0v) is 13.1. The van der Waals surface area contributed by atoms with Gasteiger partial charge in [0.25, 0.3) is 0 Å². The van der Waals surface area contributed by atoms with Crippen molar-refractivity contribution in [3.63, 3.8) is 0 Å². The van der Waals surface area contributed by atoms with Crippen molar-refractivity contribution in [2.24, 2.45) is 0 Å². The molecule has 4 heteroatoms.